The Morgan fingerprint density at radius 1 is 1.27 bits per heavy atom. The van der Waals surface area contributed by atoms with Gasteiger partial charge in [-0.15, -0.1) is 0 Å². The maximum atomic E-state index is 5.68. The molecule has 1 heterocycles. The first kappa shape index (κ1) is 10.4. The molecule has 0 bridgehead atoms. The summed E-state index contributed by atoms with van der Waals surface area (Å²) >= 11 is 0. The molecule has 1 aliphatic rings. The Labute approximate surface area is 91.3 Å². The second-order valence-electron chi connectivity index (χ2n) is 4.13. The molecule has 3 heteroatoms. The highest BCUT2D eigenvalue weighted by Gasteiger charge is 2.21. The second kappa shape index (κ2) is 5.12. The van der Waals surface area contributed by atoms with Crippen LogP contribution in [0.1, 0.15) is 25.7 Å². The summed E-state index contributed by atoms with van der Waals surface area (Å²) in [7, 11) is 0. The summed E-state index contributed by atoms with van der Waals surface area (Å²) in [6.45, 7) is 1.67. The molecule has 15 heavy (non-hydrogen) atoms. The van der Waals surface area contributed by atoms with Gasteiger partial charge in [0, 0.05) is 37.2 Å². The lowest BCUT2D eigenvalue weighted by atomic mass is 10.2. The molecule has 0 radical (unpaired) electrons. The highest BCUT2D eigenvalue weighted by atomic mass is 15.2. The summed E-state index contributed by atoms with van der Waals surface area (Å²) in [5.41, 5.74) is 6.94. The highest BCUT2D eigenvalue weighted by molar-refractivity contribution is 5.46. The molecule has 0 amide bonds. The van der Waals surface area contributed by atoms with Crippen LogP contribution in [0.25, 0.3) is 0 Å². The van der Waals surface area contributed by atoms with E-state index in [2.05, 4.69) is 22.0 Å². The molecule has 0 aliphatic heterocycles. The van der Waals surface area contributed by atoms with Gasteiger partial charge in [0.05, 0.1) is 0 Å². The molecule has 0 atom stereocenters. The Morgan fingerprint density at radius 2 is 1.93 bits per heavy atom. The molecular formula is C12H19N3. The summed E-state index contributed by atoms with van der Waals surface area (Å²) in [6, 6.07) is 4.85. The second-order valence-corrected chi connectivity index (χ2v) is 4.13. The van der Waals surface area contributed by atoms with Crippen LogP contribution in [-0.2, 0) is 0 Å². The van der Waals surface area contributed by atoms with E-state index in [1.807, 2.05) is 12.4 Å². The van der Waals surface area contributed by atoms with Gasteiger partial charge in [-0.3, -0.25) is 4.98 Å². The molecule has 1 aromatic rings. The molecule has 3 nitrogen and oxygen atoms in total. The fourth-order valence-corrected chi connectivity index (χ4v) is 2.41. The number of rotatable bonds is 4. The van der Waals surface area contributed by atoms with E-state index in [0.29, 0.717) is 6.04 Å². The molecule has 1 aromatic heterocycles. The van der Waals surface area contributed by atoms with Crippen molar-refractivity contribution in [2.45, 2.75) is 31.7 Å². The molecule has 0 unspecified atom stereocenters. The number of anilines is 1. The third kappa shape index (κ3) is 2.48. The number of pyridine rings is 1. The number of aromatic nitrogens is 1. The number of hydrogen-bond donors (Lipinski definition) is 1. The van der Waals surface area contributed by atoms with Crippen molar-refractivity contribution in [2.75, 3.05) is 18.0 Å². The first-order valence-electron chi connectivity index (χ1n) is 5.78. The molecule has 1 saturated carbocycles. The third-order valence-electron chi connectivity index (χ3n) is 3.13. The first-order chi connectivity index (χ1) is 7.42. The van der Waals surface area contributed by atoms with Crippen LogP contribution in [0, 0.1) is 0 Å². The Morgan fingerprint density at radius 3 is 2.53 bits per heavy atom. The van der Waals surface area contributed by atoms with Crippen LogP contribution in [0.15, 0.2) is 24.5 Å². The van der Waals surface area contributed by atoms with Gasteiger partial charge in [0.15, 0.2) is 0 Å². The molecule has 0 spiro atoms. The molecule has 2 rings (SSSR count). The van der Waals surface area contributed by atoms with Crippen LogP contribution in [-0.4, -0.2) is 24.1 Å². The topological polar surface area (TPSA) is 42.1 Å². The predicted octanol–water partition coefficient (Wildman–Crippen LogP) is 1.79. The Balaban J connectivity index is 2.11. The van der Waals surface area contributed by atoms with Gasteiger partial charge in [0.2, 0.25) is 0 Å². The fourth-order valence-electron chi connectivity index (χ4n) is 2.41. The highest BCUT2D eigenvalue weighted by Crippen LogP contribution is 2.27. The van der Waals surface area contributed by atoms with Gasteiger partial charge >= 0.3 is 0 Å². The van der Waals surface area contributed by atoms with E-state index in [0.717, 1.165) is 13.1 Å². The van der Waals surface area contributed by atoms with Crippen LogP contribution in [0.5, 0.6) is 0 Å². The first-order valence-corrected chi connectivity index (χ1v) is 5.78. The van der Waals surface area contributed by atoms with Crippen molar-refractivity contribution in [1.29, 1.82) is 0 Å². The van der Waals surface area contributed by atoms with Gasteiger partial charge in [-0.05, 0) is 25.0 Å². The quantitative estimate of drug-likeness (QED) is 0.815. The van der Waals surface area contributed by atoms with Crippen LogP contribution >= 0.6 is 0 Å². The maximum Gasteiger partial charge on any atom is 0.0400 e. The standard InChI is InChI=1S/C12H19N3/c13-7-10-15(11-3-1-2-4-11)12-5-8-14-9-6-12/h5-6,8-9,11H,1-4,7,10,13H2. The monoisotopic (exact) mass is 205 g/mol. The Hall–Kier alpha value is -1.09. The van der Waals surface area contributed by atoms with Crippen molar-refractivity contribution in [2.24, 2.45) is 5.73 Å². The van der Waals surface area contributed by atoms with Gasteiger partial charge in [0.25, 0.3) is 0 Å². The molecule has 0 saturated heterocycles. The Kier molecular flexibility index (Phi) is 3.56. The predicted molar refractivity (Wildman–Crippen MR) is 62.9 cm³/mol. The van der Waals surface area contributed by atoms with Crippen LogP contribution in [0.3, 0.4) is 0 Å². The molecule has 1 fully saturated rings. The van der Waals surface area contributed by atoms with E-state index in [1.54, 1.807) is 0 Å². The van der Waals surface area contributed by atoms with E-state index >= 15 is 0 Å². The number of nitrogens with zero attached hydrogens (tertiary/aromatic N) is 2. The summed E-state index contributed by atoms with van der Waals surface area (Å²) in [6.07, 6.45) is 9.04. The third-order valence-corrected chi connectivity index (χ3v) is 3.13. The van der Waals surface area contributed by atoms with Crippen molar-refractivity contribution in [3.05, 3.63) is 24.5 Å². The van der Waals surface area contributed by atoms with Crippen LogP contribution in [0.2, 0.25) is 0 Å². The van der Waals surface area contributed by atoms with E-state index in [4.69, 9.17) is 5.73 Å². The number of hydrogen-bond acceptors (Lipinski definition) is 3. The zero-order valence-electron chi connectivity index (χ0n) is 9.10. The Bertz CT molecular complexity index is 280. The molecular weight excluding hydrogens is 186 g/mol. The summed E-state index contributed by atoms with van der Waals surface area (Å²) in [5.74, 6) is 0. The normalized spacial score (nSPS) is 16.9. The minimum atomic E-state index is 0.691. The summed E-state index contributed by atoms with van der Waals surface area (Å²) < 4.78 is 0. The van der Waals surface area contributed by atoms with E-state index < -0.39 is 0 Å². The van der Waals surface area contributed by atoms with Gasteiger partial charge < -0.3 is 10.6 Å². The molecule has 2 N–H and O–H groups in total. The van der Waals surface area contributed by atoms with Gasteiger partial charge in [-0.2, -0.15) is 0 Å². The lowest BCUT2D eigenvalue weighted by Gasteiger charge is -2.30. The van der Waals surface area contributed by atoms with Crippen molar-refractivity contribution >= 4 is 5.69 Å². The smallest absolute Gasteiger partial charge is 0.0400 e. The van der Waals surface area contributed by atoms with E-state index in [1.165, 1.54) is 31.4 Å². The minimum absolute atomic E-state index is 0.691. The largest absolute Gasteiger partial charge is 0.367 e. The summed E-state index contributed by atoms with van der Waals surface area (Å²) in [4.78, 5) is 6.50. The number of nitrogens with two attached hydrogens (primary N) is 1. The lowest BCUT2D eigenvalue weighted by molar-refractivity contribution is 0.608. The molecule has 1 aliphatic carbocycles. The van der Waals surface area contributed by atoms with Crippen molar-refractivity contribution in [3.63, 3.8) is 0 Å². The van der Waals surface area contributed by atoms with E-state index in [-0.39, 0.29) is 0 Å². The minimum Gasteiger partial charge on any atom is -0.367 e. The average Bonchev–Trinajstić information content (AvgIpc) is 2.80. The van der Waals surface area contributed by atoms with Crippen molar-refractivity contribution < 1.29 is 0 Å². The van der Waals surface area contributed by atoms with Gasteiger partial charge in [0.1, 0.15) is 0 Å². The average molecular weight is 205 g/mol. The lowest BCUT2D eigenvalue weighted by Crippen LogP contribution is -2.37. The van der Waals surface area contributed by atoms with Gasteiger partial charge in [-0.25, -0.2) is 0 Å². The van der Waals surface area contributed by atoms with Crippen molar-refractivity contribution in [1.82, 2.24) is 4.98 Å². The van der Waals surface area contributed by atoms with Crippen LogP contribution < -0.4 is 10.6 Å². The zero-order valence-corrected chi connectivity index (χ0v) is 9.10. The SMILES string of the molecule is NCCN(c1ccncc1)C1CCCC1. The molecule has 82 valence electrons. The van der Waals surface area contributed by atoms with Gasteiger partial charge in [-0.1, -0.05) is 12.8 Å². The molecule has 0 aromatic carbocycles. The maximum absolute atomic E-state index is 5.68. The zero-order chi connectivity index (χ0) is 10.5. The fraction of sp³-hybridized carbons (Fsp3) is 0.583. The van der Waals surface area contributed by atoms with Crippen molar-refractivity contribution in [3.8, 4) is 0 Å². The van der Waals surface area contributed by atoms with E-state index in [9.17, 15) is 0 Å². The van der Waals surface area contributed by atoms with Crippen LogP contribution in [0.4, 0.5) is 5.69 Å². The summed E-state index contributed by atoms with van der Waals surface area (Å²) in [5, 5.41) is 0.